The maximum Gasteiger partial charge on any atom is 0.332 e. The molecule has 0 aliphatic heterocycles. The SMILES string of the molecule is Cn1c(=O)n(CCCO)c(=O)c2c1nc(C1(F)CCC(C)(C)CC1)n2Cc1ccc(Cl)cc1. The second kappa shape index (κ2) is 8.72. The van der Waals surface area contributed by atoms with Crippen LogP contribution in [0.2, 0.25) is 5.02 Å². The number of aliphatic hydroxyl groups is 1. The fourth-order valence-electron chi connectivity index (χ4n) is 4.61. The number of aliphatic hydroxyl groups excluding tert-OH is 1. The zero-order chi connectivity index (χ0) is 24.0. The number of rotatable bonds is 6. The molecule has 0 atom stereocenters. The highest BCUT2D eigenvalue weighted by Gasteiger charge is 2.44. The lowest BCUT2D eigenvalue weighted by atomic mass is 9.71. The van der Waals surface area contributed by atoms with Crippen molar-refractivity contribution in [2.24, 2.45) is 12.5 Å². The van der Waals surface area contributed by atoms with Crippen molar-refractivity contribution in [3.05, 3.63) is 61.5 Å². The number of hydrogen-bond donors (Lipinski definition) is 1. The predicted molar refractivity (Wildman–Crippen MR) is 127 cm³/mol. The lowest BCUT2D eigenvalue weighted by Gasteiger charge is -2.38. The van der Waals surface area contributed by atoms with Crippen LogP contribution in [-0.2, 0) is 25.8 Å². The molecule has 3 aromatic rings. The number of alkyl halides is 1. The smallest absolute Gasteiger partial charge is 0.332 e. The minimum atomic E-state index is -1.70. The van der Waals surface area contributed by atoms with E-state index in [9.17, 15) is 14.7 Å². The summed E-state index contributed by atoms with van der Waals surface area (Å²) in [6, 6.07) is 7.16. The zero-order valence-corrected chi connectivity index (χ0v) is 20.0. The zero-order valence-electron chi connectivity index (χ0n) is 19.3. The number of benzene rings is 1. The molecule has 2 heterocycles. The summed E-state index contributed by atoms with van der Waals surface area (Å²) >= 11 is 6.03. The minimum Gasteiger partial charge on any atom is -0.396 e. The van der Waals surface area contributed by atoms with Gasteiger partial charge >= 0.3 is 5.69 Å². The molecule has 1 aromatic carbocycles. The molecule has 1 fully saturated rings. The largest absolute Gasteiger partial charge is 0.396 e. The Morgan fingerprint density at radius 3 is 2.33 bits per heavy atom. The second-order valence-electron chi connectivity index (χ2n) is 9.83. The first-order valence-corrected chi connectivity index (χ1v) is 11.7. The Labute approximate surface area is 196 Å². The quantitative estimate of drug-likeness (QED) is 0.587. The fraction of sp³-hybridized carbons (Fsp3) is 0.542. The van der Waals surface area contributed by atoms with Crippen molar-refractivity contribution in [1.82, 2.24) is 18.7 Å². The maximum absolute atomic E-state index is 16.4. The van der Waals surface area contributed by atoms with Crippen LogP contribution in [0.1, 0.15) is 57.3 Å². The van der Waals surface area contributed by atoms with Gasteiger partial charge in [0, 0.05) is 31.8 Å². The number of aryl methyl sites for hydroxylation is 1. The molecule has 9 heteroatoms. The standard InChI is InChI=1S/C24H30ClFN4O3/c1-23(2)9-11-24(26,12-10-23)21-27-19-18(30(21)15-16-5-7-17(25)8-6-16)20(32)29(13-4-14-31)22(33)28(19)3/h5-8,31H,4,9-15H2,1-3H3. The molecule has 1 aliphatic rings. The Hall–Kier alpha value is -2.45. The highest BCUT2D eigenvalue weighted by Crippen LogP contribution is 2.47. The average Bonchev–Trinajstić information content (AvgIpc) is 3.16. The van der Waals surface area contributed by atoms with Gasteiger partial charge in [0.25, 0.3) is 5.56 Å². The van der Waals surface area contributed by atoms with Crippen molar-refractivity contribution in [2.45, 2.75) is 64.7 Å². The third-order valence-corrected chi connectivity index (χ3v) is 7.08. The highest BCUT2D eigenvalue weighted by molar-refractivity contribution is 6.30. The van der Waals surface area contributed by atoms with Gasteiger partial charge in [0.2, 0.25) is 0 Å². The van der Waals surface area contributed by atoms with Crippen LogP contribution in [0.5, 0.6) is 0 Å². The van der Waals surface area contributed by atoms with Crippen LogP contribution in [0.15, 0.2) is 33.9 Å². The predicted octanol–water partition coefficient (Wildman–Crippen LogP) is 3.75. The molecule has 7 nitrogen and oxygen atoms in total. The van der Waals surface area contributed by atoms with Crippen molar-refractivity contribution in [2.75, 3.05) is 6.61 Å². The second-order valence-corrected chi connectivity index (χ2v) is 10.3. The van der Waals surface area contributed by atoms with E-state index in [-0.39, 0.29) is 48.5 Å². The third kappa shape index (κ3) is 4.38. The summed E-state index contributed by atoms with van der Waals surface area (Å²) in [5, 5.41) is 9.80. The number of nitrogens with zero attached hydrogens (tertiary/aromatic N) is 4. The van der Waals surface area contributed by atoms with E-state index in [4.69, 9.17) is 11.6 Å². The number of hydrogen-bond acceptors (Lipinski definition) is 4. The molecule has 178 valence electrons. The Kier molecular flexibility index (Phi) is 6.26. The first-order chi connectivity index (χ1) is 15.6. The van der Waals surface area contributed by atoms with Crippen LogP contribution in [0, 0.1) is 5.41 Å². The molecular weight excluding hydrogens is 447 g/mol. The van der Waals surface area contributed by atoms with Crippen molar-refractivity contribution >= 4 is 22.8 Å². The number of aromatic nitrogens is 4. The molecule has 1 aliphatic carbocycles. The van der Waals surface area contributed by atoms with E-state index in [1.54, 1.807) is 16.7 Å². The molecule has 2 aromatic heterocycles. The number of fused-ring (bicyclic) bond motifs is 1. The van der Waals surface area contributed by atoms with Crippen molar-refractivity contribution < 1.29 is 9.50 Å². The van der Waals surface area contributed by atoms with Gasteiger partial charge in [0.1, 0.15) is 5.82 Å². The van der Waals surface area contributed by atoms with E-state index in [2.05, 4.69) is 18.8 Å². The highest BCUT2D eigenvalue weighted by atomic mass is 35.5. The summed E-state index contributed by atoms with van der Waals surface area (Å²) in [6.45, 7) is 4.42. The van der Waals surface area contributed by atoms with E-state index in [0.29, 0.717) is 30.7 Å². The summed E-state index contributed by atoms with van der Waals surface area (Å²) in [6.07, 6.45) is 2.27. The average molecular weight is 477 g/mol. The van der Waals surface area contributed by atoms with Gasteiger partial charge in [0.05, 0.1) is 0 Å². The Bertz CT molecular complexity index is 1280. The molecule has 33 heavy (non-hydrogen) atoms. The van der Waals surface area contributed by atoms with Crippen LogP contribution in [0.3, 0.4) is 0 Å². The Morgan fingerprint density at radius 1 is 1.09 bits per heavy atom. The van der Waals surface area contributed by atoms with E-state index in [1.165, 1.54) is 11.6 Å². The van der Waals surface area contributed by atoms with Crippen LogP contribution in [0.25, 0.3) is 11.2 Å². The van der Waals surface area contributed by atoms with E-state index in [1.807, 2.05) is 12.1 Å². The Morgan fingerprint density at radius 2 is 1.73 bits per heavy atom. The Balaban J connectivity index is 1.95. The van der Waals surface area contributed by atoms with Crippen molar-refractivity contribution in [3.63, 3.8) is 0 Å². The van der Waals surface area contributed by atoms with Gasteiger partial charge in [-0.05, 0) is 55.2 Å². The maximum atomic E-state index is 16.4. The molecule has 0 radical (unpaired) electrons. The van der Waals surface area contributed by atoms with Gasteiger partial charge in [-0.3, -0.25) is 13.9 Å². The molecule has 4 rings (SSSR count). The summed E-state index contributed by atoms with van der Waals surface area (Å²) in [5.74, 6) is 0.190. The molecule has 0 spiro atoms. The molecule has 1 N–H and O–H groups in total. The first kappa shape index (κ1) is 23.7. The van der Waals surface area contributed by atoms with Crippen LogP contribution in [-0.4, -0.2) is 30.4 Å². The summed E-state index contributed by atoms with van der Waals surface area (Å²) in [5.41, 5.74) is -1.48. The fourth-order valence-corrected chi connectivity index (χ4v) is 4.74. The number of imidazole rings is 1. The lowest BCUT2D eigenvalue weighted by molar-refractivity contribution is 0.0418. The van der Waals surface area contributed by atoms with Crippen LogP contribution in [0.4, 0.5) is 4.39 Å². The van der Waals surface area contributed by atoms with Crippen LogP contribution >= 0.6 is 11.6 Å². The molecule has 0 amide bonds. The van der Waals surface area contributed by atoms with E-state index < -0.39 is 16.9 Å². The van der Waals surface area contributed by atoms with Gasteiger partial charge in [0.15, 0.2) is 16.8 Å². The topological polar surface area (TPSA) is 82.0 Å². The van der Waals surface area contributed by atoms with Crippen LogP contribution < -0.4 is 11.2 Å². The van der Waals surface area contributed by atoms with E-state index >= 15 is 4.39 Å². The molecular formula is C24H30ClFN4O3. The first-order valence-electron chi connectivity index (χ1n) is 11.3. The van der Waals surface area contributed by atoms with Gasteiger partial charge in [-0.1, -0.05) is 37.6 Å². The van der Waals surface area contributed by atoms with Gasteiger partial charge in [-0.25, -0.2) is 14.2 Å². The minimum absolute atomic E-state index is 0.0481. The molecule has 0 saturated heterocycles. The van der Waals surface area contributed by atoms with Gasteiger partial charge in [-0.15, -0.1) is 0 Å². The molecule has 0 bridgehead atoms. The normalized spacial score (nSPS) is 17.5. The lowest BCUT2D eigenvalue weighted by Crippen LogP contribution is -2.40. The van der Waals surface area contributed by atoms with Crippen molar-refractivity contribution in [3.8, 4) is 0 Å². The molecule has 0 unspecified atom stereocenters. The summed E-state index contributed by atoms with van der Waals surface area (Å²) < 4.78 is 20.5. The summed E-state index contributed by atoms with van der Waals surface area (Å²) in [4.78, 5) is 30.9. The van der Waals surface area contributed by atoms with Gasteiger partial charge in [-0.2, -0.15) is 0 Å². The van der Waals surface area contributed by atoms with E-state index in [0.717, 1.165) is 10.1 Å². The molecule has 1 saturated carbocycles. The number of halogens is 2. The van der Waals surface area contributed by atoms with Gasteiger partial charge < -0.3 is 9.67 Å². The van der Waals surface area contributed by atoms with Crippen molar-refractivity contribution in [1.29, 1.82) is 0 Å². The summed E-state index contributed by atoms with van der Waals surface area (Å²) in [7, 11) is 1.54. The monoisotopic (exact) mass is 476 g/mol. The third-order valence-electron chi connectivity index (χ3n) is 6.82.